The molecule has 2 rings (SSSR count). The first-order chi connectivity index (χ1) is 9.13. The lowest BCUT2D eigenvalue weighted by Gasteiger charge is -2.39. The van der Waals surface area contributed by atoms with Crippen LogP contribution in [0.25, 0.3) is 0 Å². The maximum atomic E-state index is 12.2. The zero-order valence-electron chi connectivity index (χ0n) is 12.2. The molecule has 1 saturated heterocycles. The molecule has 4 unspecified atom stereocenters. The Hall–Kier alpha value is -0.610. The number of aliphatic hydroxyl groups is 1. The summed E-state index contributed by atoms with van der Waals surface area (Å²) in [6, 6.07) is 0.228. The Kier molecular flexibility index (Phi) is 5.22. The molecule has 2 fully saturated rings. The van der Waals surface area contributed by atoms with Gasteiger partial charge in [0, 0.05) is 25.1 Å². The molecule has 4 nitrogen and oxygen atoms in total. The molecule has 4 heteroatoms. The van der Waals surface area contributed by atoms with Crippen LogP contribution in [0.2, 0.25) is 0 Å². The largest absolute Gasteiger partial charge is 0.393 e. The standard InChI is InChI=1S/C15H27NO3/c1-3-19-10-15(18)16-8-4-5-13(16)12-9-11(2)6-7-14(12)17/h11-14,17H,3-10H2,1-2H3. The van der Waals surface area contributed by atoms with Crippen LogP contribution in [0.15, 0.2) is 0 Å². The number of carbonyl (C=O) groups excluding carboxylic acids is 1. The molecular formula is C15H27NO3. The van der Waals surface area contributed by atoms with Crippen LogP contribution in [0.1, 0.15) is 46.0 Å². The maximum Gasteiger partial charge on any atom is 0.248 e. The number of aliphatic hydroxyl groups excluding tert-OH is 1. The molecular weight excluding hydrogens is 242 g/mol. The molecule has 2 aliphatic rings. The number of rotatable bonds is 4. The second kappa shape index (κ2) is 6.71. The average Bonchev–Trinajstić information content (AvgIpc) is 2.88. The van der Waals surface area contributed by atoms with E-state index < -0.39 is 0 Å². The van der Waals surface area contributed by atoms with E-state index in [1.165, 1.54) is 0 Å². The van der Waals surface area contributed by atoms with Crippen LogP contribution in [0.5, 0.6) is 0 Å². The van der Waals surface area contributed by atoms with Crippen LogP contribution in [0.4, 0.5) is 0 Å². The van der Waals surface area contributed by atoms with Gasteiger partial charge in [-0.15, -0.1) is 0 Å². The first-order valence-electron chi connectivity index (χ1n) is 7.68. The second-order valence-electron chi connectivity index (χ2n) is 6.08. The van der Waals surface area contributed by atoms with Gasteiger partial charge in [-0.3, -0.25) is 4.79 Å². The van der Waals surface area contributed by atoms with Crippen molar-refractivity contribution in [1.29, 1.82) is 0 Å². The van der Waals surface area contributed by atoms with Gasteiger partial charge in [0.15, 0.2) is 0 Å². The summed E-state index contributed by atoms with van der Waals surface area (Å²) in [5.41, 5.74) is 0. The van der Waals surface area contributed by atoms with Gasteiger partial charge in [-0.05, 0) is 44.9 Å². The number of amides is 1. The van der Waals surface area contributed by atoms with Gasteiger partial charge in [0.25, 0.3) is 0 Å². The van der Waals surface area contributed by atoms with E-state index in [9.17, 15) is 9.90 Å². The molecule has 1 amide bonds. The number of hydrogen-bond acceptors (Lipinski definition) is 3. The summed E-state index contributed by atoms with van der Waals surface area (Å²) in [5, 5.41) is 10.3. The summed E-state index contributed by atoms with van der Waals surface area (Å²) in [4.78, 5) is 14.1. The van der Waals surface area contributed by atoms with Crippen molar-refractivity contribution in [3.05, 3.63) is 0 Å². The molecule has 1 N–H and O–H groups in total. The molecule has 1 heterocycles. The third-order valence-corrected chi connectivity index (χ3v) is 4.67. The van der Waals surface area contributed by atoms with Gasteiger partial charge in [-0.1, -0.05) is 6.92 Å². The molecule has 110 valence electrons. The summed E-state index contributed by atoms with van der Waals surface area (Å²) >= 11 is 0. The molecule has 0 aromatic rings. The van der Waals surface area contributed by atoms with E-state index in [4.69, 9.17) is 4.74 Å². The molecule has 0 bridgehead atoms. The summed E-state index contributed by atoms with van der Waals surface area (Å²) in [6.45, 7) is 5.74. The molecule has 0 spiro atoms. The highest BCUT2D eigenvalue weighted by atomic mass is 16.5. The number of nitrogens with zero attached hydrogens (tertiary/aromatic N) is 1. The SMILES string of the molecule is CCOCC(=O)N1CCCC1C1CC(C)CCC1O. The van der Waals surface area contributed by atoms with Gasteiger partial charge < -0.3 is 14.7 Å². The van der Waals surface area contributed by atoms with Crippen LogP contribution in [-0.2, 0) is 9.53 Å². The van der Waals surface area contributed by atoms with Crippen LogP contribution in [0, 0.1) is 11.8 Å². The number of likely N-dealkylation sites (tertiary alicyclic amines) is 1. The van der Waals surface area contributed by atoms with Crippen molar-refractivity contribution in [2.24, 2.45) is 11.8 Å². The van der Waals surface area contributed by atoms with Crippen molar-refractivity contribution < 1.29 is 14.6 Å². The van der Waals surface area contributed by atoms with E-state index in [0.717, 1.165) is 38.6 Å². The fourth-order valence-corrected chi connectivity index (χ4v) is 3.64. The van der Waals surface area contributed by atoms with E-state index in [-0.39, 0.29) is 30.6 Å². The van der Waals surface area contributed by atoms with Gasteiger partial charge in [0.05, 0.1) is 6.10 Å². The Morgan fingerprint density at radius 1 is 1.37 bits per heavy atom. The summed E-state index contributed by atoms with van der Waals surface area (Å²) in [6.07, 6.45) is 4.89. The monoisotopic (exact) mass is 269 g/mol. The molecule has 1 saturated carbocycles. The number of ether oxygens (including phenoxy) is 1. The third-order valence-electron chi connectivity index (χ3n) is 4.67. The van der Waals surface area contributed by atoms with Crippen LogP contribution >= 0.6 is 0 Å². The maximum absolute atomic E-state index is 12.2. The molecule has 0 aromatic heterocycles. The van der Waals surface area contributed by atoms with Gasteiger partial charge >= 0.3 is 0 Å². The van der Waals surface area contributed by atoms with E-state index in [1.807, 2.05) is 11.8 Å². The molecule has 4 atom stereocenters. The lowest BCUT2D eigenvalue weighted by molar-refractivity contribution is -0.139. The van der Waals surface area contributed by atoms with Crippen molar-refractivity contribution in [2.45, 2.75) is 58.1 Å². The Morgan fingerprint density at radius 2 is 2.16 bits per heavy atom. The topological polar surface area (TPSA) is 49.8 Å². The second-order valence-corrected chi connectivity index (χ2v) is 6.08. The van der Waals surface area contributed by atoms with E-state index in [1.54, 1.807) is 0 Å². The summed E-state index contributed by atoms with van der Waals surface area (Å²) in [7, 11) is 0. The van der Waals surface area contributed by atoms with Crippen molar-refractivity contribution in [3.8, 4) is 0 Å². The highest BCUT2D eigenvalue weighted by Gasteiger charge is 2.40. The van der Waals surface area contributed by atoms with Gasteiger partial charge in [-0.2, -0.15) is 0 Å². The summed E-state index contributed by atoms with van der Waals surface area (Å²) in [5.74, 6) is 1.02. The van der Waals surface area contributed by atoms with Gasteiger partial charge in [0.2, 0.25) is 5.91 Å². The van der Waals surface area contributed by atoms with Crippen molar-refractivity contribution in [3.63, 3.8) is 0 Å². The number of carbonyl (C=O) groups is 1. The predicted molar refractivity (Wildman–Crippen MR) is 73.7 cm³/mol. The minimum Gasteiger partial charge on any atom is -0.393 e. The quantitative estimate of drug-likeness (QED) is 0.847. The van der Waals surface area contributed by atoms with Crippen LogP contribution < -0.4 is 0 Å². The molecule has 1 aliphatic carbocycles. The smallest absolute Gasteiger partial charge is 0.248 e. The first kappa shape index (κ1) is 14.8. The van der Waals surface area contributed by atoms with Crippen molar-refractivity contribution >= 4 is 5.91 Å². The van der Waals surface area contributed by atoms with E-state index >= 15 is 0 Å². The zero-order chi connectivity index (χ0) is 13.8. The van der Waals surface area contributed by atoms with Crippen molar-refractivity contribution in [1.82, 2.24) is 4.90 Å². The lowest BCUT2D eigenvalue weighted by Crippen LogP contribution is -2.47. The van der Waals surface area contributed by atoms with E-state index in [2.05, 4.69) is 6.92 Å². The Balaban J connectivity index is 1.99. The minimum absolute atomic E-state index is 0.0924. The average molecular weight is 269 g/mol. The first-order valence-corrected chi connectivity index (χ1v) is 7.68. The van der Waals surface area contributed by atoms with E-state index in [0.29, 0.717) is 12.5 Å². The fourth-order valence-electron chi connectivity index (χ4n) is 3.64. The Labute approximate surface area is 116 Å². The van der Waals surface area contributed by atoms with Crippen LogP contribution in [0.3, 0.4) is 0 Å². The normalized spacial score (nSPS) is 35.6. The molecule has 1 aliphatic heterocycles. The van der Waals surface area contributed by atoms with Gasteiger partial charge in [0.1, 0.15) is 6.61 Å². The predicted octanol–water partition coefficient (Wildman–Crippen LogP) is 1.81. The third kappa shape index (κ3) is 3.48. The number of hydrogen-bond donors (Lipinski definition) is 1. The zero-order valence-corrected chi connectivity index (χ0v) is 12.2. The minimum atomic E-state index is -0.235. The lowest BCUT2D eigenvalue weighted by atomic mass is 9.76. The highest BCUT2D eigenvalue weighted by molar-refractivity contribution is 5.78. The van der Waals surface area contributed by atoms with Crippen molar-refractivity contribution in [2.75, 3.05) is 19.8 Å². The Morgan fingerprint density at radius 3 is 2.89 bits per heavy atom. The molecule has 0 aromatic carbocycles. The van der Waals surface area contributed by atoms with Gasteiger partial charge in [-0.25, -0.2) is 0 Å². The van der Waals surface area contributed by atoms with Crippen LogP contribution in [-0.4, -0.2) is 47.8 Å². The summed E-state index contributed by atoms with van der Waals surface area (Å²) < 4.78 is 5.24. The Bertz CT molecular complexity index is 308. The molecule has 19 heavy (non-hydrogen) atoms. The highest BCUT2D eigenvalue weighted by Crippen LogP contribution is 2.37. The fraction of sp³-hybridized carbons (Fsp3) is 0.933. The molecule has 0 radical (unpaired) electrons.